The zero-order valence-corrected chi connectivity index (χ0v) is 22.1. The van der Waals surface area contributed by atoms with Crippen molar-refractivity contribution < 1.29 is 62.0 Å². The molecule has 0 bridgehead atoms. The van der Waals surface area contributed by atoms with Gasteiger partial charge in [-0.1, -0.05) is 94.4 Å². The van der Waals surface area contributed by atoms with Crippen LogP contribution in [0.25, 0.3) is 32.7 Å². The minimum atomic E-state index is 0. The molecular weight excluding hydrogens is 358 g/mol. The summed E-state index contributed by atoms with van der Waals surface area (Å²) in [6.45, 7) is 9.29. The molecule has 0 amide bonds. The molecule has 0 aliphatic heterocycles. The molecule has 0 atom stereocenters. The Morgan fingerprint density at radius 3 is 1.71 bits per heavy atom. The van der Waals surface area contributed by atoms with Crippen LogP contribution in [0.4, 0.5) is 0 Å². The minimum Gasteiger partial charge on any atom is -1.00 e. The Morgan fingerprint density at radius 2 is 1.07 bits per heavy atom. The molecule has 0 aliphatic rings. The van der Waals surface area contributed by atoms with Crippen molar-refractivity contribution in [2.45, 2.75) is 39.5 Å². The van der Waals surface area contributed by atoms with Crippen LogP contribution in [0.3, 0.4) is 0 Å². The zero-order valence-electron chi connectivity index (χ0n) is 20.1. The van der Waals surface area contributed by atoms with Crippen LogP contribution >= 0.6 is 0 Å². The smallest absolute Gasteiger partial charge is 1.00 e. The van der Waals surface area contributed by atoms with Crippen molar-refractivity contribution in [3.8, 4) is 11.1 Å². The molecule has 4 aromatic carbocycles. The van der Waals surface area contributed by atoms with Gasteiger partial charge in [0.1, 0.15) is 0 Å². The SMILES string of the molecule is CC(C)c1c(-c2cccc3ccccc23)cc2ccccc2c1C(C)C.[H-].[H-].[Na+].[Na+]. The molecule has 0 fully saturated rings. The summed E-state index contributed by atoms with van der Waals surface area (Å²) in [5.41, 5.74) is 5.73. The van der Waals surface area contributed by atoms with Crippen LogP contribution in [0.15, 0.2) is 72.8 Å². The average Bonchev–Trinajstić information content (AvgIpc) is 2.65. The van der Waals surface area contributed by atoms with Gasteiger partial charge in [0.15, 0.2) is 0 Å². The van der Waals surface area contributed by atoms with E-state index in [4.69, 9.17) is 0 Å². The maximum Gasteiger partial charge on any atom is 1.00 e. The molecule has 0 heterocycles. The molecule has 0 aliphatic carbocycles. The van der Waals surface area contributed by atoms with E-state index < -0.39 is 0 Å². The van der Waals surface area contributed by atoms with Gasteiger partial charge in [-0.25, -0.2) is 0 Å². The molecule has 0 aromatic heterocycles. The zero-order chi connectivity index (χ0) is 18.3. The van der Waals surface area contributed by atoms with Gasteiger partial charge in [0, 0.05) is 0 Å². The fourth-order valence-corrected chi connectivity index (χ4v) is 4.32. The number of fused-ring (bicyclic) bond motifs is 2. The van der Waals surface area contributed by atoms with Crippen LogP contribution in [-0.4, -0.2) is 0 Å². The summed E-state index contributed by atoms with van der Waals surface area (Å²) in [6.07, 6.45) is 0. The molecule has 0 spiro atoms. The van der Waals surface area contributed by atoms with Gasteiger partial charge in [0.2, 0.25) is 0 Å². The summed E-state index contributed by atoms with van der Waals surface area (Å²) in [4.78, 5) is 0. The average molecular weight is 386 g/mol. The van der Waals surface area contributed by atoms with Gasteiger partial charge in [0.25, 0.3) is 0 Å². The van der Waals surface area contributed by atoms with Crippen molar-refractivity contribution in [2.75, 3.05) is 0 Å². The minimum absolute atomic E-state index is 0. The first-order valence-corrected chi connectivity index (χ1v) is 9.61. The maximum absolute atomic E-state index is 2.40. The second kappa shape index (κ2) is 9.94. The number of rotatable bonds is 3. The van der Waals surface area contributed by atoms with Gasteiger partial charge in [-0.2, -0.15) is 0 Å². The van der Waals surface area contributed by atoms with Crippen molar-refractivity contribution in [3.05, 3.63) is 83.9 Å². The quantitative estimate of drug-likeness (QED) is 0.474. The third kappa shape index (κ3) is 4.29. The first kappa shape index (κ1) is 23.7. The van der Waals surface area contributed by atoms with E-state index in [1.54, 1.807) is 0 Å². The monoisotopic (exact) mass is 386 g/mol. The molecule has 2 heteroatoms. The van der Waals surface area contributed by atoms with E-state index in [-0.39, 0.29) is 62.0 Å². The molecule has 134 valence electrons. The van der Waals surface area contributed by atoms with Gasteiger partial charge in [0.05, 0.1) is 0 Å². The van der Waals surface area contributed by atoms with E-state index in [1.807, 2.05) is 0 Å². The summed E-state index contributed by atoms with van der Waals surface area (Å²) in [7, 11) is 0. The maximum atomic E-state index is 2.40. The largest absolute Gasteiger partial charge is 1.00 e. The molecule has 28 heavy (non-hydrogen) atoms. The van der Waals surface area contributed by atoms with Crippen LogP contribution in [0.5, 0.6) is 0 Å². The molecule has 0 unspecified atom stereocenters. The van der Waals surface area contributed by atoms with Crippen LogP contribution in [-0.2, 0) is 0 Å². The number of benzene rings is 4. The van der Waals surface area contributed by atoms with Crippen LogP contribution in [0.2, 0.25) is 0 Å². The van der Waals surface area contributed by atoms with Gasteiger partial charge in [-0.15, -0.1) is 0 Å². The Kier molecular flexibility index (Phi) is 8.40. The molecule has 0 saturated heterocycles. The summed E-state index contributed by atoms with van der Waals surface area (Å²) < 4.78 is 0. The van der Waals surface area contributed by atoms with Crippen molar-refractivity contribution >= 4 is 21.5 Å². The third-order valence-corrected chi connectivity index (χ3v) is 5.37. The fraction of sp³-hybridized carbons (Fsp3) is 0.231. The summed E-state index contributed by atoms with van der Waals surface area (Å²) >= 11 is 0. The van der Waals surface area contributed by atoms with E-state index in [9.17, 15) is 0 Å². The van der Waals surface area contributed by atoms with E-state index >= 15 is 0 Å². The Hall–Kier alpha value is -0.600. The first-order chi connectivity index (χ1) is 12.6. The Labute approximate surface area is 216 Å². The molecule has 0 saturated carbocycles. The Balaban J connectivity index is 0.00000210. The predicted octanol–water partition coefficient (Wildman–Crippen LogP) is 2.14. The topological polar surface area (TPSA) is 0 Å². The third-order valence-electron chi connectivity index (χ3n) is 5.37. The molecule has 0 N–H and O–H groups in total. The molecule has 0 nitrogen and oxygen atoms in total. The second-order valence-corrected chi connectivity index (χ2v) is 7.81. The van der Waals surface area contributed by atoms with Crippen molar-refractivity contribution in [1.82, 2.24) is 0 Å². The van der Waals surface area contributed by atoms with Gasteiger partial charge >= 0.3 is 59.1 Å². The van der Waals surface area contributed by atoms with E-state index in [1.165, 1.54) is 43.8 Å². The van der Waals surface area contributed by atoms with Crippen LogP contribution in [0.1, 0.15) is 53.5 Å². The summed E-state index contributed by atoms with van der Waals surface area (Å²) in [5.74, 6) is 0.971. The van der Waals surface area contributed by atoms with Crippen LogP contribution in [0, 0.1) is 0 Å². The number of hydrogen-bond donors (Lipinski definition) is 0. The summed E-state index contributed by atoms with van der Waals surface area (Å²) in [5, 5.41) is 5.37. The molecule has 4 rings (SSSR count). The van der Waals surface area contributed by atoms with Crippen molar-refractivity contribution in [2.24, 2.45) is 0 Å². The fourth-order valence-electron chi connectivity index (χ4n) is 4.32. The van der Waals surface area contributed by atoms with Crippen molar-refractivity contribution in [1.29, 1.82) is 0 Å². The van der Waals surface area contributed by atoms with E-state index in [0.29, 0.717) is 11.8 Å². The van der Waals surface area contributed by atoms with Gasteiger partial charge in [-0.05, 0) is 61.7 Å². The molecule has 4 aromatic rings. The first-order valence-electron chi connectivity index (χ1n) is 9.61. The summed E-state index contributed by atoms with van der Waals surface area (Å²) in [6, 6.07) is 26.6. The predicted molar refractivity (Wildman–Crippen MR) is 117 cm³/mol. The van der Waals surface area contributed by atoms with Crippen LogP contribution < -0.4 is 59.1 Å². The second-order valence-electron chi connectivity index (χ2n) is 7.81. The normalized spacial score (nSPS) is 10.9. The van der Waals surface area contributed by atoms with Crippen molar-refractivity contribution in [3.63, 3.8) is 0 Å². The Morgan fingerprint density at radius 1 is 0.536 bits per heavy atom. The van der Waals surface area contributed by atoms with E-state index in [0.717, 1.165) is 0 Å². The van der Waals surface area contributed by atoms with Gasteiger partial charge < -0.3 is 2.85 Å². The molecule has 0 radical (unpaired) electrons. The Bertz CT molecular complexity index is 1100. The van der Waals surface area contributed by atoms with Gasteiger partial charge in [-0.3, -0.25) is 0 Å². The number of hydrogen-bond acceptors (Lipinski definition) is 0. The van der Waals surface area contributed by atoms with E-state index in [2.05, 4.69) is 100 Å². The molecular formula is C26H28Na2. The standard InChI is InChI=1S/C26H26.2Na.2H/c1-17(2)25-22-14-8-6-11-20(22)16-24(26(25)18(3)4)23-15-9-12-19-10-5-7-13-21(19)23;;;;/h5-18H,1-4H3;;;;/q;2*+1;2*-1.